The molecule has 0 saturated heterocycles. The third kappa shape index (κ3) is 12.0. The summed E-state index contributed by atoms with van der Waals surface area (Å²) in [4.78, 5) is 54.8. The maximum absolute atomic E-state index is 11.6. The van der Waals surface area contributed by atoms with E-state index < -0.39 is 42.2 Å². The van der Waals surface area contributed by atoms with Gasteiger partial charge in [0.1, 0.15) is 6.04 Å². The van der Waals surface area contributed by atoms with Crippen molar-refractivity contribution in [2.24, 2.45) is 5.73 Å². The smallest absolute Gasteiger partial charge is 0.304 e. The van der Waals surface area contributed by atoms with E-state index in [1.165, 1.54) is 0 Å². The van der Waals surface area contributed by atoms with Gasteiger partial charge in [0, 0.05) is 12.2 Å². The van der Waals surface area contributed by atoms with Crippen LogP contribution in [0, 0.1) is 0 Å². The first kappa shape index (κ1) is 20.7. The van der Waals surface area contributed by atoms with Crippen molar-refractivity contribution in [1.82, 2.24) is 10.6 Å². The Kier molecular flexibility index (Phi) is 10.2. The maximum atomic E-state index is 11.6. The van der Waals surface area contributed by atoms with Crippen LogP contribution in [0.5, 0.6) is 0 Å². The second-order valence-electron chi connectivity index (χ2n) is 4.43. The zero-order valence-electron chi connectivity index (χ0n) is 12.2. The molecule has 0 fully saturated rings. The minimum Gasteiger partial charge on any atom is -0.481 e. The summed E-state index contributed by atoms with van der Waals surface area (Å²) in [7, 11) is 0. The number of carboxylic acids is 2. The Hall–Kier alpha value is -2.30. The number of hydrogen-bond donors (Lipinski definition) is 5. The molecule has 6 N–H and O–H groups in total. The number of carbonyl (C=O) groups is 5. The van der Waals surface area contributed by atoms with Gasteiger partial charge in [-0.15, -0.1) is 0 Å². The molecular weight excluding hydrogens is 330 g/mol. The van der Waals surface area contributed by atoms with Crippen LogP contribution in [0.25, 0.3) is 0 Å². The summed E-state index contributed by atoms with van der Waals surface area (Å²) in [6, 6.07) is -1.12. The first-order valence-electron chi connectivity index (χ1n) is 6.59. The highest BCUT2D eigenvalue weighted by atomic mass is 32.2. The predicted molar refractivity (Wildman–Crippen MR) is 80.6 cm³/mol. The summed E-state index contributed by atoms with van der Waals surface area (Å²) < 4.78 is 0. The Labute approximate surface area is 136 Å². The quantitative estimate of drug-likeness (QED) is 0.255. The number of nitrogens with two attached hydrogens (primary N) is 1. The normalized spacial score (nSPS) is 11.3. The molecule has 0 aromatic rings. The lowest BCUT2D eigenvalue weighted by molar-refractivity contribution is -0.138. The first-order valence-corrected chi connectivity index (χ1v) is 7.74. The van der Waals surface area contributed by atoms with Crippen LogP contribution in [-0.2, 0) is 24.0 Å². The van der Waals surface area contributed by atoms with Crippen LogP contribution < -0.4 is 16.4 Å². The molecule has 1 atom stereocenters. The van der Waals surface area contributed by atoms with Gasteiger partial charge in [0.25, 0.3) is 0 Å². The number of hydrogen-bond acceptors (Lipinski definition) is 6. The maximum Gasteiger partial charge on any atom is 0.304 e. The van der Waals surface area contributed by atoms with Crippen molar-refractivity contribution in [3.8, 4) is 0 Å². The number of thioether (sulfide) groups is 1. The second-order valence-corrected chi connectivity index (χ2v) is 5.53. The summed E-state index contributed by atoms with van der Waals surface area (Å²) in [6.45, 7) is -0.394. The molecule has 0 aromatic carbocycles. The van der Waals surface area contributed by atoms with Crippen LogP contribution in [0.1, 0.15) is 19.3 Å². The van der Waals surface area contributed by atoms with Gasteiger partial charge in [-0.25, -0.2) is 0 Å². The van der Waals surface area contributed by atoms with E-state index >= 15 is 0 Å². The van der Waals surface area contributed by atoms with Gasteiger partial charge < -0.3 is 26.6 Å². The minimum atomic E-state index is -1.13. The van der Waals surface area contributed by atoms with Gasteiger partial charge >= 0.3 is 11.9 Å². The fraction of sp³-hybridized carbons (Fsp3) is 0.583. The molecule has 0 saturated carbocycles. The summed E-state index contributed by atoms with van der Waals surface area (Å²) >= 11 is 1.11. The van der Waals surface area contributed by atoms with Crippen molar-refractivity contribution in [1.29, 1.82) is 0 Å². The van der Waals surface area contributed by atoms with Crippen molar-refractivity contribution in [3.63, 3.8) is 0 Å². The average molecular weight is 349 g/mol. The molecule has 11 heteroatoms. The number of rotatable bonds is 12. The molecule has 130 valence electrons. The van der Waals surface area contributed by atoms with Crippen LogP contribution in [0.2, 0.25) is 0 Å². The largest absolute Gasteiger partial charge is 0.481 e. The monoisotopic (exact) mass is 349 g/mol. The fourth-order valence-corrected chi connectivity index (χ4v) is 2.10. The van der Waals surface area contributed by atoms with E-state index in [9.17, 15) is 24.0 Å². The molecule has 0 spiro atoms. The predicted octanol–water partition coefficient (Wildman–Crippen LogP) is -1.85. The third-order valence-electron chi connectivity index (χ3n) is 2.47. The summed E-state index contributed by atoms with van der Waals surface area (Å²) in [5.41, 5.74) is 5.05. The van der Waals surface area contributed by atoms with Crippen molar-refractivity contribution in [2.75, 3.05) is 18.1 Å². The molecule has 0 unspecified atom stereocenters. The van der Waals surface area contributed by atoms with Gasteiger partial charge in [0.15, 0.2) is 0 Å². The lowest BCUT2D eigenvalue weighted by atomic mass is 10.1. The Bertz CT molecular complexity index is 470. The van der Waals surface area contributed by atoms with Gasteiger partial charge in [0.2, 0.25) is 17.7 Å². The van der Waals surface area contributed by atoms with Crippen LogP contribution >= 0.6 is 11.8 Å². The number of nitrogens with one attached hydrogen (secondary N) is 2. The summed E-state index contributed by atoms with van der Waals surface area (Å²) in [5, 5.41) is 21.5. The number of primary amides is 1. The second kappa shape index (κ2) is 11.3. The van der Waals surface area contributed by atoms with E-state index in [1.807, 2.05) is 0 Å². The molecular formula is C12H19N3O7S. The highest BCUT2D eigenvalue weighted by Crippen LogP contribution is 2.01. The Balaban J connectivity index is 4.02. The summed E-state index contributed by atoms with van der Waals surface area (Å²) in [5.74, 6) is -3.82. The molecule has 0 rings (SSSR count). The van der Waals surface area contributed by atoms with Gasteiger partial charge in [-0.05, 0) is 6.42 Å². The van der Waals surface area contributed by atoms with Crippen molar-refractivity contribution in [2.45, 2.75) is 25.3 Å². The van der Waals surface area contributed by atoms with E-state index in [-0.39, 0.29) is 30.8 Å². The average Bonchev–Trinajstić information content (AvgIpc) is 2.45. The van der Waals surface area contributed by atoms with Gasteiger partial charge in [-0.3, -0.25) is 24.0 Å². The van der Waals surface area contributed by atoms with Crippen molar-refractivity contribution >= 4 is 41.4 Å². The van der Waals surface area contributed by atoms with E-state index in [0.717, 1.165) is 11.8 Å². The van der Waals surface area contributed by atoms with E-state index in [2.05, 4.69) is 10.6 Å². The molecule has 0 aliphatic carbocycles. The molecule has 23 heavy (non-hydrogen) atoms. The molecule has 0 bridgehead atoms. The van der Waals surface area contributed by atoms with Crippen LogP contribution in [0.15, 0.2) is 0 Å². The minimum absolute atomic E-state index is 0.00117. The Morgan fingerprint density at radius 2 is 1.61 bits per heavy atom. The molecule has 0 aromatic heterocycles. The van der Waals surface area contributed by atoms with Crippen molar-refractivity contribution < 1.29 is 34.2 Å². The third-order valence-corrected chi connectivity index (χ3v) is 3.42. The lowest BCUT2D eigenvalue weighted by Gasteiger charge is -2.14. The van der Waals surface area contributed by atoms with Crippen LogP contribution in [0.3, 0.4) is 0 Å². The van der Waals surface area contributed by atoms with Crippen LogP contribution in [-0.4, -0.2) is 64.0 Å². The SMILES string of the molecule is NC(=O)[C@H](CCC(=O)O)NC(=O)CNC(=O)CSCCC(=O)O. The standard InChI is InChI=1S/C12H19N3O7S/c13-12(22)7(1-2-10(18)19)15-8(16)5-14-9(17)6-23-4-3-11(20)21/h7H,1-6H2,(H2,13,22)(H,14,17)(H,15,16)(H,18,19)(H,20,21)/t7-/m0/s1. The highest BCUT2D eigenvalue weighted by molar-refractivity contribution is 7.99. The zero-order valence-corrected chi connectivity index (χ0v) is 13.1. The van der Waals surface area contributed by atoms with E-state index in [1.54, 1.807) is 0 Å². The first-order chi connectivity index (χ1) is 10.7. The number of amides is 3. The number of carboxylic acid groups (broad SMARTS) is 2. The molecule has 3 amide bonds. The molecule has 0 radical (unpaired) electrons. The van der Waals surface area contributed by atoms with Gasteiger partial charge in [-0.2, -0.15) is 11.8 Å². The lowest BCUT2D eigenvalue weighted by Crippen LogP contribution is -2.48. The Morgan fingerprint density at radius 3 is 2.13 bits per heavy atom. The van der Waals surface area contributed by atoms with Gasteiger partial charge in [0.05, 0.1) is 18.7 Å². The highest BCUT2D eigenvalue weighted by Gasteiger charge is 2.19. The van der Waals surface area contributed by atoms with Gasteiger partial charge in [-0.1, -0.05) is 0 Å². The zero-order chi connectivity index (χ0) is 17.8. The Morgan fingerprint density at radius 1 is 1.00 bits per heavy atom. The van der Waals surface area contributed by atoms with E-state index in [0.29, 0.717) is 0 Å². The number of aliphatic carboxylic acids is 2. The molecule has 0 aliphatic rings. The van der Waals surface area contributed by atoms with E-state index in [4.69, 9.17) is 15.9 Å². The topological polar surface area (TPSA) is 176 Å². The molecule has 0 aliphatic heterocycles. The summed E-state index contributed by atoms with van der Waals surface area (Å²) in [6.07, 6.45) is -0.543. The van der Waals surface area contributed by atoms with Crippen molar-refractivity contribution in [3.05, 3.63) is 0 Å². The fourth-order valence-electron chi connectivity index (χ4n) is 1.35. The van der Waals surface area contributed by atoms with Crippen LogP contribution in [0.4, 0.5) is 0 Å². The molecule has 0 heterocycles. The molecule has 10 nitrogen and oxygen atoms in total. The number of carbonyl (C=O) groups excluding carboxylic acids is 3.